The van der Waals surface area contributed by atoms with Gasteiger partial charge in [-0.1, -0.05) is 0 Å². The van der Waals surface area contributed by atoms with Crippen LogP contribution >= 0.6 is 0 Å². The van der Waals surface area contributed by atoms with Gasteiger partial charge >= 0.3 is 0 Å². The van der Waals surface area contributed by atoms with E-state index in [1.165, 1.54) is 21.3 Å². The standard InChI is InChI=1S/C9H13NO4S/c1-12-6-4-5-7(15(10)11)9(14-3)8(6)13-2/h4-5H,10H2,1-3H3. The molecule has 6 heteroatoms. The van der Waals surface area contributed by atoms with E-state index in [0.717, 1.165) is 0 Å². The minimum Gasteiger partial charge on any atom is -0.493 e. The molecule has 0 aliphatic rings. The number of ether oxygens (including phenoxy) is 3. The zero-order valence-electron chi connectivity index (χ0n) is 8.77. The van der Waals surface area contributed by atoms with E-state index < -0.39 is 11.0 Å². The summed E-state index contributed by atoms with van der Waals surface area (Å²) in [5, 5.41) is 5.30. The SMILES string of the molecule is COc1ccc(S(N)=O)c(OC)c1OC. The smallest absolute Gasteiger partial charge is 0.204 e. The molecule has 0 aliphatic carbocycles. The molecule has 5 nitrogen and oxygen atoms in total. The van der Waals surface area contributed by atoms with Crippen molar-refractivity contribution in [3.63, 3.8) is 0 Å². The van der Waals surface area contributed by atoms with Gasteiger partial charge in [-0.25, -0.2) is 9.35 Å². The molecule has 1 atom stereocenters. The van der Waals surface area contributed by atoms with Crippen molar-refractivity contribution in [1.29, 1.82) is 0 Å². The number of nitrogens with two attached hydrogens (primary N) is 1. The van der Waals surface area contributed by atoms with Gasteiger partial charge < -0.3 is 14.2 Å². The number of hydrogen-bond acceptors (Lipinski definition) is 4. The highest BCUT2D eigenvalue weighted by atomic mass is 32.2. The van der Waals surface area contributed by atoms with Crippen LogP contribution in [0.1, 0.15) is 0 Å². The van der Waals surface area contributed by atoms with Crippen molar-refractivity contribution < 1.29 is 18.4 Å². The van der Waals surface area contributed by atoms with E-state index >= 15 is 0 Å². The molecule has 0 amide bonds. The molecule has 84 valence electrons. The molecule has 0 radical (unpaired) electrons. The Hall–Kier alpha value is -1.27. The van der Waals surface area contributed by atoms with E-state index in [1.54, 1.807) is 12.1 Å². The number of rotatable bonds is 4. The van der Waals surface area contributed by atoms with E-state index in [0.29, 0.717) is 22.1 Å². The average Bonchev–Trinajstić information content (AvgIpc) is 2.26. The van der Waals surface area contributed by atoms with Crippen LogP contribution in [-0.2, 0) is 11.0 Å². The third-order valence-corrected chi connectivity index (χ3v) is 2.64. The summed E-state index contributed by atoms with van der Waals surface area (Å²) in [6, 6.07) is 3.21. The molecule has 1 rings (SSSR count). The summed E-state index contributed by atoms with van der Waals surface area (Å²) in [7, 11) is 2.82. The summed E-state index contributed by atoms with van der Waals surface area (Å²) in [5.41, 5.74) is 0. The Labute approximate surface area is 90.7 Å². The highest BCUT2D eigenvalue weighted by Crippen LogP contribution is 2.40. The Kier molecular flexibility index (Phi) is 3.93. The van der Waals surface area contributed by atoms with Gasteiger partial charge in [0.1, 0.15) is 15.9 Å². The maximum absolute atomic E-state index is 11.2. The zero-order chi connectivity index (χ0) is 11.4. The first-order valence-corrected chi connectivity index (χ1v) is 5.32. The van der Waals surface area contributed by atoms with Crippen molar-refractivity contribution in [3.8, 4) is 17.2 Å². The fourth-order valence-electron chi connectivity index (χ4n) is 1.23. The fourth-order valence-corrected chi connectivity index (χ4v) is 1.79. The lowest BCUT2D eigenvalue weighted by Crippen LogP contribution is -2.06. The van der Waals surface area contributed by atoms with Crippen molar-refractivity contribution in [2.45, 2.75) is 4.90 Å². The Morgan fingerprint density at radius 3 is 2.07 bits per heavy atom. The van der Waals surface area contributed by atoms with Crippen LogP contribution in [0.15, 0.2) is 17.0 Å². The first kappa shape index (κ1) is 11.8. The van der Waals surface area contributed by atoms with Crippen LogP contribution in [0, 0.1) is 0 Å². The predicted octanol–water partition coefficient (Wildman–Crippen LogP) is 0.694. The van der Waals surface area contributed by atoms with E-state index in [2.05, 4.69) is 0 Å². The lowest BCUT2D eigenvalue weighted by atomic mass is 10.3. The molecule has 0 aromatic heterocycles. The number of methoxy groups -OCH3 is 3. The van der Waals surface area contributed by atoms with Gasteiger partial charge in [-0.15, -0.1) is 0 Å². The van der Waals surface area contributed by atoms with Gasteiger partial charge in [-0.2, -0.15) is 0 Å². The first-order valence-electron chi connectivity index (χ1n) is 4.10. The predicted molar refractivity (Wildman–Crippen MR) is 56.7 cm³/mol. The molecule has 2 N–H and O–H groups in total. The molecule has 1 aromatic carbocycles. The zero-order valence-corrected chi connectivity index (χ0v) is 9.59. The van der Waals surface area contributed by atoms with Gasteiger partial charge in [0, 0.05) is 0 Å². The van der Waals surface area contributed by atoms with Crippen LogP contribution in [-0.4, -0.2) is 25.5 Å². The minimum absolute atomic E-state index is 0.331. The van der Waals surface area contributed by atoms with Crippen LogP contribution in [0.3, 0.4) is 0 Å². The molecule has 0 heterocycles. The van der Waals surface area contributed by atoms with Gasteiger partial charge in [0.15, 0.2) is 11.5 Å². The van der Waals surface area contributed by atoms with Gasteiger partial charge in [0.25, 0.3) is 0 Å². The average molecular weight is 231 g/mol. The van der Waals surface area contributed by atoms with E-state index in [1.807, 2.05) is 0 Å². The van der Waals surface area contributed by atoms with Gasteiger partial charge in [0.05, 0.1) is 21.3 Å². The minimum atomic E-state index is -1.62. The summed E-state index contributed by atoms with van der Waals surface area (Å²) in [6.45, 7) is 0. The summed E-state index contributed by atoms with van der Waals surface area (Å²) in [5.74, 6) is 1.22. The molecule has 0 spiro atoms. The van der Waals surface area contributed by atoms with Gasteiger partial charge in [0.2, 0.25) is 5.75 Å². The second-order valence-electron chi connectivity index (χ2n) is 2.63. The summed E-state index contributed by atoms with van der Waals surface area (Å²) < 4.78 is 26.5. The molecule has 0 saturated heterocycles. The van der Waals surface area contributed by atoms with Crippen LogP contribution < -0.4 is 19.3 Å². The first-order chi connectivity index (χ1) is 7.15. The summed E-state index contributed by atoms with van der Waals surface area (Å²) >= 11 is 0. The Balaban J connectivity index is 3.40. The van der Waals surface area contributed by atoms with Crippen LogP contribution in [0.2, 0.25) is 0 Å². The Bertz CT molecular complexity index is 381. The lowest BCUT2D eigenvalue weighted by molar-refractivity contribution is 0.319. The van der Waals surface area contributed by atoms with Crippen LogP contribution in [0.25, 0.3) is 0 Å². The van der Waals surface area contributed by atoms with Crippen molar-refractivity contribution >= 4 is 11.0 Å². The fraction of sp³-hybridized carbons (Fsp3) is 0.333. The second kappa shape index (κ2) is 4.99. The van der Waals surface area contributed by atoms with E-state index in [4.69, 9.17) is 19.3 Å². The highest BCUT2D eigenvalue weighted by Gasteiger charge is 2.17. The topological polar surface area (TPSA) is 70.8 Å². The molecule has 0 aliphatic heterocycles. The normalized spacial score (nSPS) is 12.0. The molecular formula is C9H13NO4S. The largest absolute Gasteiger partial charge is 0.493 e. The quantitative estimate of drug-likeness (QED) is 0.827. The van der Waals surface area contributed by atoms with Gasteiger partial charge in [-0.05, 0) is 12.1 Å². The monoisotopic (exact) mass is 231 g/mol. The van der Waals surface area contributed by atoms with Crippen LogP contribution in [0.4, 0.5) is 0 Å². The van der Waals surface area contributed by atoms with Crippen molar-refractivity contribution in [2.24, 2.45) is 5.14 Å². The highest BCUT2D eigenvalue weighted by molar-refractivity contribution is 7.82. The van der Waals surface area contributed by atoms with Crippen molar-refractivity contribution in [2.75, 3.05) is 21.3 Å². The number of hydrogen-bond donors (Lipinski definition) is 1. The van der Waals surface area contributed by atoms with E-state index in [-0.39, 0.29) is 0 Å². The maximum atomic E-state index is 11.2. The third kappa shape index (κ3) is 2.21. The van der Waals surface area contributed by atoms with Crippen molar-refractivity contribution in [3.05, 3.63) is 12.1 Å². The lowest BCUT2D eigenvalue weighted by Gasteiger charge is -2.13. The van der Waals surface area contributed by atoms with Gasteiger partial charge in [-0.3, -0.25) is 0 Å². The molecular weight excluding hydrogens is 218 g/mol. The van der Waals surface area contributed by atoms with Crippen LogP contribution in [0.5, 0.6) is 17.2 Å². The Morgan fingerprint density at radius 1 is 1.07 bits per heavy atom. The molecule has 0 saturated carbocycles. The number of benzene rings is 1. The second-order valence-corrected chi connectivity index (χ2v) is 3.66. The molecule has 1 aromatic rings. The molecule has 0 fully saturated rings. The van der Waals surface area contributed by atoms with Crippen molar-refractivity contribution in [1.82, 2.24) is 0 Å². The van der Waals surface area contributed by atoms with E-state index in [9.17, 15) is 4.21 Å². The molecule has 1 unspecified atom stereocenters. The maximum Gasteiger partial charge on any atom is 0.204 e. The summed E-state index contributed by atoms with van der Waals surface area (Å²) in [4.78, 5) is 0.371. The molecule has 15 heavy (non-hydrogen) atoms. The Morgan fingerprint density at radius 2 is 1.67 bits per heavy atom. The summed E-state index contributed by atoms with van der Waals surface area (Å²) in [6.07, 6.45) is 0. The molecule has 0 bridgehead atoms. The third-order valence-electron chi connectivity index (χ3n) is 1.88.